The molecule has 1 saturated carbocycles. The Morgan fingerprint density at radius 1 is 1.38 bits per heavy atom. The summed E-state index contributed by atoms with van der Waals surface area (Å²) < 4.78 is 5.54. The Hall–Kier alpha value is -1.75. The largest absolute Gasteiger partial charge is 0.384 e. The number of hydrogen-bond acceptors (Lipinski definition) is 3. The number of hydrogen-bond donors (Lipinski definition) is 2. The van der Waals surface area contributed by atoms with Gasteiger partial charge in [-0.2, -0.15) is 0 Å². The molecule has 5 nitrogen and oxygen atoms in total. The Bertz CT molecular complexity index is 556. The molecule has 1 aromatic carbocycles. The number of urea groups is 1. The van der Waals surface area contributed by atoms with Crippen molar-refractivity contribution in [2.75, 3.05) is 36.9 Å². The minimum absolute atomic E-state index is 0.0149. The average Bonchev–Trinajstić information content (AvgIpc) is 3.25. The van der Waals surface area contributed by atoms with Crippen LogP contribution in [0.3, 0.4) is 0 Å². The number of benzene rings is 1. The van der Waals surface area contributed by atoms with Gasteiger partial charge in [0, 0.05) is 24.5 Å². The molecule has 0 radical (unpaired) electrons. The molecule has 21 heavy (non-hydrogen) atoms. The first-order valence-corrected chi connectivity index (χ1v) is 7.83. The van der Waals surface area contributed by atoms with Crippen molar-refractivity contribution in [3.05, 3.63) is 23.8 Å². The fourth-order valence-electron chi connectivity index (χ4n) is 3.32. The van der Waals surface area contributed by atoms with Crippen molar-refractivity contribution in [3.8, 4) is 0 Å². The molecule has 1 aliphatic carbocycles. The molecule has 4 rings (SSSR count). The first kappa shape index (κ1) is 13.0. The smallest absolute Gasteiger partial charge is 0.322 e. The maximum Gasteiger partial charge on any atom is 0.322 e. The van der Waals surface area contributed by atoms with E-state index in [1.807, 2.05) is 11.0 Å². The van der Waals surface area contributed by atoms with E-state index in [4.69, 9.17) is 4.74 Å². The topological polar surface area (TPSA) is 53.6 Å². The third kappa shape index (κ3) is 2.58. The maximum atomic E-state index is 12.6. The predicted octanol–water partition coefficient (Wildman–Crippen LogP) is 2.30. The second-order valence-corrected chi connectivity index (χ2v) is 6.15. The molecule has 3 aliphatic rings. The van der Waals surface area contributed by atoms with Gasteiger partial charge in [-0.3, -0.25) is 0 Å². The minimum atomic E-state index is 0.0149. The van der Waals surface area contributed by atoms with Crippen LogP contribution in [-0.2, 0) is 11.2 Å². The highest BCUT2D eigenvalue weighted by Crippen LogP contribution is 2.36. The van der Waals surface area contributed by atoms with E-state index in [9.17, 15) is 4.79 Å². The summed E-state index contributed by atoms with van der Waals surface area (Å²) in [5.74, 6) is 0.639. The number of fused-ring (bicyclic) bond motifs is 1. The Balaban J connectivity index is 1.46. The van der Waals surface area contributed by atoms with Gasteiger partial charge in [-0.1, -0.05) is 0 Å². The highest BCUT2D eigenvalue weighted by Gasteiger charge is 2.39. The number of anilines is 2. The van der Waals surface area contributed by atoms with Crippen molar-refractivity contribution in [1.82, 2.24) is 4.90 Å². The minimum Gasteiger partial charge on any atom is -0.384 e. The van der Waals surface area contributed by atoms with Gasteiger partial charge in [-0.05, 0) is 48.9 Å². The average molecular weight is 287 g/mol. The molecule has 2 amide bonds. The molecule has 2 N–H and O–H groups in total. The molecule has 2 heterocycles. The van der Waals surface area contributed by atoms with Crippen molar-refractivity contribution in [3.63, 3.8) is 0 Å². The first-order chi connectivity index (χ1) is 10.3. The second kappa shape index (κ2) is 5.22. The molecule has 1 atom stereocenters. The van der Waals surface area contributed by atoms with Crippen LogP contribution in [0.1, 0.15) is 18.4 Å². The molecule has 0 aromatic heterocycles. The summed E-state index contributed by atoms with van der Waals surface area (Å²) in [4.78, 5) is 14.5. The van der Waals surface area contributed by atoms with Gasteiger partial charge in [0.15, 0.2) is 0 Å². The van der Waals surface area contributed by atoms with Crippen molar-refractivity contribution < 1.29 is 9.53 Å². The lowest BCUT2D eigenvalue weighted by atomic mass is 10.1. The van der Waals surface area contributed by atoms with Crippen LogP contribution in [0.2, 0.25) is 0 Å². The fourth-order valence-corrected chi connectivity index (χ4v) is 3.32. The summed E-state index contributed by atoms with van der Waals surface area (Å²) in [5.41, 5.74) is 3.37. The third-order valence-corrected chi connectivity index (χ3v) is 4.66. The number of ether oxygens (including phenoxy) is 1. The van der Waals surface area contributed by atoms with Gasteiger partial charge in [0.25, 0.3) is 0 Å². The number of nitrogens with one attached hydrogen (secondary N) is 2. The Morgan fingerprint density at radius 2 is 2.29 bits per heavy atom. The van der Waals surface area contributed by atoms with E-state index in [1.54, 1.807) is 0 Å². The first-order valence-electron chi connectivity index (χ1n) is 7.83. The van der Waals surface area contributed by atoms with E-state index in [1.165, 1.54) is 24.1 Å². The molecule has 2 fully saturated rings. The van der Waals surface area contributed by atoms with Crippen LogP contribution >= 0.6 is 0 Å². The van der Waals surface area contributed by atoms with Gasteiger partial charge >= 0.3 is 6.03 Å². The van der Waals surface area contributed by atoms with Crippen LogP contribution in [0, 0.1) is 5.92 Å². The molecule has 1 unspecified atom stereocenters. The van der Waals surface area contributed by atoms with Crippen LogP contribution in [0.5, 0.6) is 0 Å². The van der Waals surface area contributed by atoms with Crippen molar-refractivity contribution in [1.29, 1.82) is 0 Å². The lowest BCUT2D eigenvalue weighted by Crippen LogP contribution is -2.51. The number of carbonyl (C=O) groups excluding carboxylic acids is 1. The van der Waals surface area contributed by atoms with Gasteiger partial charge in [0.2, 0.25) is 0 Å². The monoisotopic (exact) mass is 287 g/mol. The molecule has 2 aliphatic heterocycles. The summed E-state index contributed by atoms with van der Waals surface area (Å²) in [7, 11) is 0. The van der Waals surface area contributed by atoms with Gasteiger partial charge in [0.1, 0.15) is 0 Å². The molecule has 1 saturated heterocycles. The highest BCUT2D eigenvalue weighted by molar-refractivity contribution is 5.90. The molecule has 0 bridgehead atoms. The Morgan fingerprint density at radius 3 is 3.14 bits per heavy atom. The highest BCUT2D eigenvalue weighted by atomic mass is 16.5. The standard InChI is InChI=1S/C16H21N3O2/c20-16(19-7-8-21-10-15(19)11-1-2-11)18-13-3-4-14-12(9-13)5-6-17-14/h3-4,9,11,15,17H,1-2,5-8,10H2,(H,18,20). The zero-order valence-corrected chi connectivity index (χ0v) is 12.1. The Labute approximate surface area is 124 Å². The number of rotatable bonds is 2. The van der Waals surface area contributed by atoms with Crippen LogP contribution in [0.25, 0.3) is 0 Å². The predicted molar refractivity (Wildman–Crippen MR) is 81.7 cm³/mol. The zero-order valence-electron chi connectivity index (χ0n) is 12.1. The number of amides is 2. The van der Waals surface area contributed by atoms with Gasteiger partial charge in [-0.25, -0.2) is 4.79 Å². The normalized spacial score (nSPS) is 24.4. The van der Waals surface area contributed by atoms with Crippen molar-refractivity contribution in [2.45, 2.75) is 25.3 Å². The van der Waals surface area contributed by atoms with Crippen molar-refractivity contribution in [2.24, 2.45) is 5.92 Å². The third-order valence-electron chi connectivity index (χ3n) is 4.66. The lowest BCUT2D eigenvalue weighted by molar-refractivity contribution is 0.00773. The van der Waals surface area contributed by atoms with Gasteiger partial charge in [-0.15, -0.1) is 0 Å². The zero-order chi connectivity index (χ0) is 14.2. The molecule has 1 aromatic rings. The molecule has 0 spiro atoms. The van der Waals surface area contributed by atoms with Crippen LogP contribution in [-0.4, -0.2) is 43.3 Å². The van der Waals surface area contributed by atoms with E-state index in [0.29, 0.717) is 25.7 Å². The van der Waals surface area contributed by atoms with Crippen LogP contribution < -0.4 is 10.6 Å². The summed E-state index contributed by atoms with van der Waals surface area (Å²) in [6, 6.07) is 6.38. The summed E-state index contributed by atoms with van der Waals surface area (Å²) in [6.07, 6.45) is 3.48. The van der Waals surface area contributed by atoms with E-state index in [-0.39, 0.29) is 12.1 Å². The van der Waals surface area contributed by atoms with Crippen LogP contribution in [0.15, 0.2) is 18.2 Å². The number of morpholine rings is 1. The van der Waals surface area contributed by atoms with E-state index >= 15 is 0 Å². The van der Waals surface area contributed by atoms with Crippen LogP contribution in [0.4, 0.5) is 16.2 Å². The Kier molecular flexibility index (Phi) is 3.22. The quantitative estimate of drug-likeness (QED) is 0.877. The number of nitrogens with zero attached hydrogens (tertiary/aromatic N) is 1. The molecule has 112 valence electrons. The summed E-state index contributed by atoms with van der Waals surface area (Å²) in [6.45, 7) is 3.01. The molecular weight excluding hydrogens is 266 g/mol. The number of carbonyl (C=O) groups is 1. The second-order valence-electron chi connectivity index (χ2n) is 6.15. The molecular formula is C16H21N3O2. The summed E-state index contributed by atoms with van der Waals surface area (Å²) in [5, 5.41) is 6.39. The van der Waals surface area contributed by atoms with Crippen molar-refractivity contribution >= 4 is 17.4 Å². The van der Waals surface area contributed by atoms with Gasteiger partial charge in [0.05, 0.1) is 19.3 Å². The van der Waals surface area contributed by atoms with E-state index < -0.39 is 0 Å². The van der Waals surface area contributed by atoms with Gasteiger partial charge < -0.3 is 20.3 Å². The van der Waals surface area contributed by atoms with E-state index in [0.717, 1.165) is 18.7 Å². The maximum absolute atomic E-state index is 12.6. The fraction of sp³-hybridized carbons (Fsp3) is 0.562. The van der Waals surface area contributed by atoms with E-state index in [2.05, 4.69) is 22.8 Å². The SMILES string of the molecule is O=C(Nc1ccc2c(c1)CCN2)N1CCOCC1C1CC1. The lowest BCUT2D eigenvalue weighted by Gasteiger charge is -2.35. The summed E-state index contributed by atoms with van der Waals surface area (Å²) >= 11 is 0. The molecule has 5 heteroatoms.